The molecule has 72 valence electrons. The van der Waals surface area contributed by atoms with Gasteiger partial charge >= 0.3 is 0 Å². The molecule has 1 atom stereocenters. The zero-order chi connectivity index (χ0) is 9.84. The van der Waals surface area contributed by atoms with Crippen molar-refractivity contribution in [3.63, 3.8) is 0 Å². The molecule has 0 fully saturated rings. The van der Waals surface area contributed by atoms with Crippen molar-refractivity contribution in [1.82, 2.24) is 0 Å². The first-order valence-corrected chi connectivity index (χ1v) is 4.07. The molecule has 0 heterocycles. The number of anilines is 2. The summed E-state index contributed by atoms with van der Waals surface area (Å²) in [7, 11) is 0. The fourth-order valence-electron chi connectivity index (χ4n) is 0.949. The van der Waals surface area contributed by atoms with Crippen LogP contribution in [0.25, 0.3) is 0 Å². The van der Waals surface area contributed by atoms with Crippen molar-refractivity contribution in [3.8, 4) is 0 Å². The Bertz CT molecular complexity index is 289. The van der Waals surface area contributed by atoms with Crippen molar-refractivity contribution < 1.29 is 9.50 Å². The van der Waals surface area contributed by atoms with Gasteiger partial charge in [-0.1, -0.05) is 6.07 Å². The first kappa shape index (κ1) is 9.80. The molecule has 4 heteroatoms. The number of halogens is 1. The summed E-state index contributed by atoms with van der Waals surface area (Å²) >= 11 is 0. The van der Waals surface area contributed by atoms with E-state index in [2.05, 4.69) is 5.32 Å². The standard InChI is InChI=1S/C9H13FN2O/c1-6(13)5-12-8-4-2-3-7(10)9(8)11/h2-4,6,12-13H,5,11H2,1H3. The smallest absolute Gasteiger partial charge is 0.148 e. The normalized spacial score (nSPS) is 12.5. The van der Waals surface area contributed by atoms with Crippen molar-refractivity contribution in [1.29, 1.82) is 0 Å². The van der Waals surface area contributed by atoms with Gasteiger partial charge in [0, 0.05) is 6.54 Å². The van der Waals surface area contributed by atoms with Crippen LogP contribution in [-0.4, -0.2) is 17.8 Å². The Morgan fingerprint density at radius 2 is 2.31 bits per heavy atom. The largest absolute Gasteiger partial charge is 0.395 e. The van der Waals surface area contributed by atoms with E-state index in [1.54, 1.807) is 19.1 Å². The van der Waals surface area contributed by atoms with Gasteiger partial charge in [0.05, 0.1) is 17.5 Å². The van der Waals surface area contributed by atoms with Crippen LogP contribution in [0.4, 0.5) is 15.8 Å². The van der Waals surface area contributed by atoms with E-state index in [-0.39, 0.29) is 5.69 Å². The number of nitrogens with one attached hydrogen (secondary N) is 1. The maximum Gasteiger partial charge on any atom is 0.148 e. The molecule has 1 rings (SSSR count). The lowest BCUT2D eigenvalue weighted by atomic mass is 10.2. The van der Waals surface area contributed by atoms with Crippen LogP contribution in [0, 0.1) is 5.82 Å². The number of aliphatic hydroxyl groups excluding tert-OH is 1. The summed E-state index contributed by atoms with van der Waals surface area (Å²) in [6, 6.07) is 4.53. The highest BCUT2D eigenvalue weighted by Crippen LogP contribution is 2.20. The molecule has 3 nitrogen and oxygen atoms in total. The zero-order valence-corrected chi connectivity index (χ0v) is 7.42. The van der Waals surface area contributed by atoms with Gasteiger partial charge in [0.15, 0.2) is 0 Å². The number of aliphatic hydroxyl groups is 1. The lowest BCUT2D eigenvalue weighted by Gasteiger charge is -2.10. The Morgan fingerprint density at radius 1 is 1.62 bits per heavy atom. The topological polar surface area (TPSA) is 58.3 Å². The third-order valence-corrected chi connectivity index (χ3v) is 1.64. The Morgan fingerprint density at radius 3 is 2.92 bits per heavy atom. The first-order chi connectivity index (χ1) is 6.11. The Balaban J connectivity index is 2.71. The molecule has 0 aliphatic heterocycles. The van der Waals surface area contributed by atoms with Crippen LogP contribution in [-0.2, 0) is 0 Å². The van der Waals surface area contributed by atoms with Crippen LogP contribution in [0.1, 0.15) is 6.92 Å². The predicted molar refractivity (Wildman–Crippen MR) is 51.0 cm³/mol. The van der Waals surface area contributed by atoms with Crippen LogP contribution in [0.15, 0.2) is 18.2 Å². The molecule has 13 heavy (non-hydrogen) atoms. The molecule has 1 aromatic rings. The zero-order valence-electron chi connectivity index (χ0n) is 7.42. The number of para-hydroxylation sites is 1. The summed E-state index contributed by atoms with van der Waals surface area (Å²) in [4.78, 5) is 0. The van der Waals surface area contributed by atoms with Gasteiger partial charge in [-0.15, -0.1) is 0 Å². The van der Waals surface area contributed by atoms with Crippen LogP contribution >= 0.6 is 0 Å². The Hall–Kier alpha value is -1.29. The predicted octanol–water partition coefficient (Wildman–Crippen LogP) is 1.20. The quantitative estimate of drug-likeness (QED) is 0.619. The monoisotopic (exact) mass is 184 g/mol. The van der Waals surface area contributed by atoms with E-state index in [4.69, 9.17) is 10.8 Å². The highest BCUT2D eigenvalue weighted by Gasteiger charge is 2.03. The van der Waals surface area contributed by atoms with Gasteiger partial charge in [-0.2, -0.15) is 0 Å². The van der Waals surface area contributed by atoms with Gasteiger partial charge in [0.2, 0.25) is 0 Å². The average molecular weight is 184 g/mol. The number of nitrogen functional groups attached to an aromatic ring is 1. The maximum absolute atomic E-state index is 12.9. The summed E-state index contributed by atoms with van der Waals surface area (Å²) in [6.45, 7) is 2.00. The highest BCUT2D eigenvalue weighted by atomic mass is 19.1. The van der Waals surface area contributed by atoms with Gasteiger partial charge in [0.1, 0.15) is 5.82 Å². The minimum atomic E-state index is -0.484. The van der Waals surface area contributed by atoms with E-state index in [0.29, 0.717) is 12.2 Å². The van der Waals surface area contributed by atoms with Gasteiger partial charge < -0.3 is 16.2 Å². The lowest BCUT2D eigenvalue weighted by Crippen LogP contribution is -2.16. The summed E-state index contributed by atoms with van der Waals surface area (Å²) in [5, 5.41) is 11.8. The number of hydrogen-bond acceptors (Lipinski definition) is 3. The van der Waals surface area contributed by atoms with Gasteiger partial charge in [-0.05, 0) is 19.1 Å². The van der Waals surface area contributed by atoms with Gasteiger partial charge in [-0.3, -0.25) is 0 Å². The van der Waals surface area contributed by atoms with Gasteiger partial charge in [-0.25, -0.2) is 4.39 Å². The molecule has 0 aliphatic carbocycles. The Kier molecular flexibility index (Phi) is 3.08. The molecule has 0 spiro atoms. The second kappa shape index (κ2) is 4.09. The fraction of sp³-hybridized carbons (Fsp3) is 0.333. The van der Waals surface area contributed by atoms with E-state index in [0.717, 1.165) is 0 Å². The van der Waals surface area contributed by atoms with Crippen molar-refractivity contribution >= 4 is 11.4 Å². The third-order valence-electron chi connectivity index (χ3n) is 1.64. The average Bonchev–Trinajstić information content (AvgIpc) is 2.07. The molecular weight excluding hydrogens is 171 g/mol. The summed E-state index contributed by atoms with van der Waals surface area (Å²) in [6.07, 6.45) is -0.484. The molecule has 1 aromatic carbocycles. The molecule has 4 N–H and O–H groups in total. The summed E-state index contributed by atoms with van der Waals surface area (Å²) in [5.74, 6) is -0.449. The fourth-order valence-corrected chi connectivity index (χ4v) is 0.949. The molecule has 0 amide bonds. The van der Waals surface area contributed by atoms with Crippen molar-refractivity contribution in [2.45, 2.75) is 13.0 Å². The molecule has 1 unspecified atom stereocenters. The van der Waals surface area contributed by atoms with E-state index in [1.807, 2.05) is 0 Å². The second-order valence-electron chi connectivity index (χ2n) is 2.93. The van der Waals surface area contributed by atoms with Gasteiger partial charge in [0.25, 0.3) is 0 Å². The van der Waals surface area contributed by atoms with E-state index in [9.17, 15) is 4.39 Å². The second-order valence-corrected chi connectivity index (χ2v) is 2.93. The van der Waals surface area contributed by atoms with E-state index in [1.165, 1.54) is 6.07 Å². The highest BCUT2D eigenvalue weighted by molar-refractivity contribution is 5.66. The van der Waals surface area contributed by atoms with Crippen molar-refractivity contribution in [2.75, 3.05) is 17.6 Å². The summed E-state index contributed by atoms with van der Waals surface area (Å²) in [5.41, 5.74) is 6.05. The van der Waals surface area contributed by atoms with Crippen molar-refractivity contribution in [2.24, 2.45) is 0 Å². The minimum absolute atomic E-state index is 0.0863. The summed E-state index contributed by atoms with van der Waals surface area (Å²) < 4.78 is 12.9. The Labute approximate surface area is 76.4 Å². The lowest BCUT2D eigenvalue weighted by molar-refractivity contribution is 0.208. The van der Waals surface area contributed by atoms with Crippen LogP contribution in [0.5, 0.6) is 0 Å². The number of benzene rings is 1. The molecule has 0 bridgehead atoms. The molecule has 0 aliphatic rings. The maximum atomic E-state index is 12.9. The van der Waals surface area contributed by atoms with E-state index >= 15 is 0 Å². The minimum Gasteiger partial charge on any atom is -0.395 e. The van der Waals surface area contributed by atoms with Crippen molar-refractivity contribution in [3.05, 3.63) is 24.0 Å². The number of hydrogen-bond donors (Lipinski definition) is 3. The van der Waals surface area contributed by atoms with Crippen LogP contribution in [0.2, 0.25) is 0 Å². The molecule has 0 saturated heterocycles. The van der Waals surface area contributed by atoms with Crippen LogP contribution < -0.4 is 11.1 Å². The first-order valence-electron chi connectivity index (χ1n) is 4.07. The molecule has 0 saturated carbocycles. The molecule has 0 aromatic heterocycles. The molecular formula is C9H13FN2O. The van der Waals surface area contributed by atoms with E-state index < -0.39 is 11.9 Å². The SMILES string of the molecule is CC(O)CNc1cccc(F)c1N. The third kappa shape index (κ3) is 2.59. The van der Waals surface area contributed by atoms with Crippen LogP contribution in [0.3, 0.4) is 0 Å². The number of rotatable bonds is 3. The number of nitrogens with two attached hydrogens (primary N) is 1. The molecule has 0 radical (unpaired) electrons.